The number of nitrogens with one attached hydrogen (secondary N) is 1. The zero-order valence-corrected chi connectivity index (χ0v) is 13.2. The fraction of sp³-hybridized carbons (Fsp3) is 0.429. The normalized spacial score (nSPS) is 10.8. The van der Waals surface area contributed by atoms with E-state index in [2.05, 4.69) is 10.3 Å². The van der Waals surface area contributed by atoms with E-state index >= 15 is 0 Å². The Hall–Kier alpha value is -2.22. The van der Waals surface area contributed by atoms with Crippen LogP contribution in [0.1, 0.15) is 23.3 Å². The van der Waals surface area contributed by atoms with Gasteiger partial charge in [0.2, 0.25) is 5.91 Å². The Morgan fingerprint density at radius 3 is 2.82 bits per heavy atom. The number of thiophene rings is 1. The number of hydrogen-bond donors (Lipinski definition) is 2. The third kappa shape index (κ3) is 3.51. The Bertz CT molecular complexity index is 778. The van der Waals surface area contributed by atoms with Gasteiger partial charge in [-0.15, -0.1) is 11.3 Å². The van der Waals surface area contributed by atoms with Crippen LogP contribution >= 0.6 is 11.3 Å². The van der Waals surface area contributed by atoms with Crippen LogP contribution in [0.5, 0.6) is 0 Å². The molecule has 0 atom stereocenters. The molecule has 0 radical (unpaired) electrons. The van der Waals surface area contributed by atoms with Gasteiger partial charge >= 0.3 is 5.97 Å². The van der Waals surface area contributed by atoms with Gasteiger partial charge < -0.3 is 10.4 Å². The zero-order valence-electron chi connectivity index (χ0n) is 12.4. The highest BCUT2D eigenvalue weighted by molar-refractivity contribution is 7.18. The van der Waals surface area contributed by atoms with E-state index in [1.807, 2.05) is 13.8 Å². The van der Waals surface area contributed by atoms with Crippen molar-refractivity contribution in [2.75, 3.05) is 6.54 Å². The predicted molar refractivity (Wildman–Crippen MR) is 83.2 cm³/mol. The van der Waals surface area contributed by atoms with E-state index in [4.69, 9.17) is 5.11 Å². The minimum Gasteiger partial charge on any atom is -0.481 e. The maximum absolute atomic E-state index is 12.4. The molecule has 7 nitrogen and oxygen atoms in total. The minimum atomic E-state index is -0.900. The molecular formula is C14H17N3O4S. The first kappa shape index (κ1) is 16.2. The van der Waals surface area contributed by atoms with E-state index in [1.54, 1.807) is 0 Å². The molecule has 2 aromatic rings. The van der Waals surface area contributed by atoms with E-state index in [0.717, 1.165) is 10.4 Å². The standard InChI is InChI=1S/C14H17N3O4S/c1-8-9(2)22-13-12(8)14(21)17(7-16-13)6-10(18)15-5-3-4-11(19)20/h7H,3-6H2,1-2H3,(H,15,18)(H,19,20). The van der Waals surface area contributed by atoms with E-state index in [0.29, 0.717) is 16.6 Å². The molecule has 8 heteroatoms. The lowest BCUT2D eigenvalue weighted by Crippen LogP contribution is -2.33. The molecule has 0 fully saturated rings. The number of carbonyl (C=O) groups excluding carboxylic acids is 1. The predicted octanol–water partition coefficient (Wildman–Crippen LogP) is 1.06. The van der Waals surface area contributed by atoms with Crippen LogP contribution in [0, 0.1) is 13.8 Å². The van der Waals surface area contributed by atoms with Crippen LogP contribution in [0.3, 0.4) is 0 Å². The largest absolute Gasteiger partial charge is 0.481 e. The highest BCUT2D eigenvalue weighted by Gasteiger charge is 2.13. The molecule has 22 heavy (non-hydrogen) atoms. The third-order valence-corrected chi connectivity index (χ3v) is 4.47. The summed E-state index contributed by atoms with van der Waals surface area (Å²) in [6, 6.07) is 0. The second-order valence-corrected chi connectivity index (χ2v) is 6.19. The highest BCUT2D eigenvalue weighted by atomic mass is 32.1. The Labute approximate surface area is 130 Å². The second-order valence-electron chi connectivity index (χ2n) is 4.99. The lowest BCUT2D eigenvalue weighted by molar-refractivity contribution is -0.137. The number of hydrogen-bond acceptors (Lipinski definition) is 5. The Morgan fingerprint density at radius 2 is 2.14 bits per heavy atom. The number of aromatic nitrogens is 2. The highest BCUT2D eigenvalue weighted by Crippen LogP contribution is 2.25. The van der Waals surface area contributed by atoms with Gasteiger partial charge in [0, 0.05) is 17.8 Å². The molecular weight excluding hydrogens is 306 g/mol. The van der Waals surface area contributed by atoms with E-state index in [-0.39, 0.29) is 31.0 Å². The molecule has 1 amide bonds. The molecule has 0 bridgehead atoms. The summed E-state index contributed by atoms with van der Waals surface area (Å²) >= 11 is 1.46. The smallest absolute Gasteiger partial charge is 0.303 e. The van der Waals surface area contributed by atoms with Crippen molar-refractivity contribution in [2.24, 2.45) is 0 Å². The number of aryl methyl sites for hydroxylation is 2. The average molecular weight is 323 g/mol. The molecule has 2 rings (SSSR count). The van der Waals surface area contributed by atoms with E-state index in [9.17, 15) is 14.4 Å². The number of nitrogens with zero attached hydrogens (tertiary/aromatic N) is 2. The Morgan fingerprint density at radius 1 is 1.41 bits per heavy atom. The van der Waals surface area contributed by atoms with Crippen molar-refractivity contribution in [3.05, 3.63) is 27.1 Å². The van der Waals surface area contributed by atoms with E-state index < -0.39 is 5.97 Å². The summed E-state index contributed by atoms with van der Waals surface area (Å²) in [7, 11) is 0. The van der Waals surface area contributed by atoms with Crippen molar-refractivity contribution < 1.29 is 14.7 Å². The average Bonchev–Trinajstić information content (AvgIpc) is 2.74. The lowest BCUT2D eigenvalue weighted by Gasteiger charge is -2.06. The monoisotopic (exact) mass is 323 g/mol. The maximum Gasteiger partial charge on any atom is 0.303 e. The summed E-state index contributed by atoms with van der Waals surface area (Å²) in [5.74, 6) is -1.23. The summed E-state index contributed by atoms with van der Waals surface area (Å²) < 4.78 is 1.27. The molecule has 118 valence electrons. The summed E-state index contributed by atoms with van der Waals surface area (Å²) in [6.07, 6.45) is 1.73. The molecule has 0 spiro atoms. The molecule has 0 saturated heterocycles. The number of fused-ring (bicyclic) bond motifs is 1. The van der Waals surface area contributed by atoms with Gasteiger partial charge in [-0.05, 0) is 25.8 Å². The minimum absolute atomic E-state index is 0.00111. The molecule has 0 aliphatic rings. The summed E-state index contributed by atoms with van der Waals surface area (Å²) in [5, 5.41) is 11.7. The summed E-state index contributed by atoms with van der Waals surface area (Å²) in [4.78, 5) is 40.5. The molecule has 0 saturated carbocycles. The number of aliphatic carboxylic acids is 1. The van der Waals surface area contributed by atoms with Crippen LogP contribution in [0.25, 0.3) is 10.2 Å². The Kier molecular flexibility index (Phi) is 4.92. The lowest BCUT2D eigenvalue weighted by atomic mass is 10.2. The van der Waals surface area contributed by atoms with Crippen LogP contribution in [0.4, 0.5) is 0 Å². The van der Waals surface area contributed by atoms with Gasteiger partial charge in [-0.2, -0.15) is 0 Å². The molecule has 2 N–H and O–H groups in total. The van der Waals surface area contributed by atoms with Crippen LogP contribution in [-0.4, -0.2) is 33.1 Å². The third-order valence-electron chi connectivity index (χ3n) is 3.36. The summed E-state index contributed by atoms with van der Waals surface area (Å²) in [5.41, 5.74) is 0.668. The van der Waals surface area contributed by atoms with Crippen LogP contribution in [0.15, 0.2) is 11.1 Å². The van der Waals surface area contributed by atoms with Gasteiger partial charge in [0.25, 0.3) is 5.56 Å². The van der Waals surface area contributed by atoms with Gasteiger partial charge in [0.1, 0.15) is 11.4 Å². The first-order chi connectivity index (χ1) is 10.4. The van der Waals surface area contributed by atoms with Gasteiger partial charge in [-0.25, -0.2) is 4.98 Å². The van der Waals surface area contributed by atoms with Crippen molar-refractivity contribution in [1.29, 1.82) is 0 Å². The first-order valence-corrected chi connectivity index (χ1v) is 7.65. The maximum atomic E-state index is 12.4. The van der Waals surface area contributed by atoms with Gasteiger partial charge in [-0.1, -0.05) is 0 Å². The van der Waals surface area contributed by atoms with Gasteiger partial charge in [0.05, 0.1) is 11.7 Å². The first-order valence-electron chi connectivity index (χ1n) is 6.83. The van der Waals surface area contributed by atoms with Crippen molar-refractivity contribution in [3.63, 3.8) is 0 Å². The molecule has 2 aromatic heterocycles. The number of amides is 1. The fourth-order valence-electron chi connectivity index (χ4n) is 2.06. The molecule has 2 heterocycles. The number of rotatable bonds is 6. The van der Waals surface area contributed by atoms with Gasteiger partial charge in [0.15, 0.2) is 0 Å². The van der Waals surface area contributed by atoms with Crippen molar-refractivity contribution in [2.45, 2.75) is 33.2 Å². The fourth-order valence-corrected chi connectivity index (χ4v) is 3.05. The molecule has 0 aliphatic carbocycles. The molecule has 0 aromatic carbocycles. The van der Waals surface area contributed by atoms with Crippen molar-refractivity contribution in [1.82, 2.24) is 14.9 Å². The topological polar surface area (TPSA) is 101 Å². The van der Waals surface area contributed by atoms with Gasteiger partial charge in [-0.3, -0.25) is 19.0 Å². The molecule has 0 unspecified atom stereocenters. The quantitative estimate of drug-likeness (QED) is 0.774. The van der Waals surface area contributed by atoms with Crippen molar-refractivity contribution in [3.8, 4) is 0 Å². The van der Waals surface area contributed by atoms with Crippen LogP contribution in [0.2, 0.25) is 0 Å². The molecule has 0 aliphatic heterocycles. The van der Waals surface area contributed by atoms with E-state index in [1.165, 1.54) is 22.2 Å². The number of carbonyl (C=O) groups is 2. The SMILES string of the molecule is Cc1sc2ncn(CC(=O)NCCCC(=O)O)c(=O)c2c1C. The van der Waals surface area contributed by atoms with Crippen molar-refractivity contribution >= 4 is 33.4 Å². The van der Waals surface area contributed by atoms with Crippen LogP contribution < -0.4 is 10.9 Å². The zero-order chi connectivity index (χ0) is 16.3. The Balaban J connectivity index is 2.07. The summed E-state index contributed by atoms with van der Waals surface area (Å²) in [6.45, 7) is 3.95. The second kappa shape index (κ2) is 6.69. The van der Waals surface area contributed by atoms with Crippen LogP contribution in [-0.2, 0) is 16.1 Å². The number of carboxylic acid groups (broad SMARTS) is 1. The number of carboxylic acids is 1.